The van der Waals surface area contributed by atoms with Crippen LogP contribution in [0.5, 0.6) is 5.75 Å². The highest BCUT2D eigenvalue weighted by Crippen LogP contribution is 2.20. The summed E-state index contributed by atoms with van der Waals surface area (Å²) in [6.45, 7) is 3.79. The highest BCUT2D eigenvalue weighted by atomic mass is 16.5. The van der Waals surface area contributed by atoms with Gasteiger partial charge in [0, 0.05) is 11.1 Å². The molecule has 20 heavy (non-hydrogen) atoms. The Labute approximate surface area is 118 Å². The summed E-state index contributed by atoms with van der Waals surface area (Å²) in [5.41, 5.74) is 3.46. The molecule has 0 spiro atoms. The molecule has 3 nitrogen and oxygen atoms in total. The van der Waals surface area contributed by atoms with Crippen molar-refractivity contribution in [2.24, 2.45) is 0 Å². The van der Waals surface area contributed by atoms with Gasteiger partial charge < -0.3 is 9.84 Å². The van der Waals surface area contributed by atoms with Crippen LogP contribution in [-0.2, 0) is 6.61 Å². The molecule has 2 aromatic rings. The minimum absolute atomic E-state index is 0.0283. The van der Waals surface area contributed by atoms with Crippen LogP contribution < -0.4 is 4.74 Å². The van der Waals surface area contributed by atoms with E-state index < -0.39 is 0 Å². The van der Waals surface area contributed by atoms with Crippen LogP contribution in [-0.4, -0.2) is 17.5 Å². The molecule has 0 saturated heterocycles. The van der Waals surface area contributed by atoms with Crippen molar-refractivity contribution in [1.29, 1.82) is 0 Å². The van der Waals surface area contributed by atoms with E-state index in [4.69, 9.17) is 4.74 Å². The minimum Gasteiger partial charge on any atom is -0.485 e. The number of ketones is 1. The maximum atomic E-state index is 12.0. The summed E-state index contributed by atoms with van der Waals surface area (Å²) in [5.74, 6) is 0.489. The maximum absolute atomic E-state index is 12.0. The Hall–Kier alpha value is -2.13. The quantitative estimate of drug-likeness (QED) is 0.849. The Bertz CT molecular complexity index is 600. The van der Waals surface area contributed by atoms with Gasteiger partial charge in [-0.25, -0.2) is 0 Å². The molecule has 0 saturated carbocycles. The van der Waals surface area contributed by atoms with Crippen molar-refractivity contribution in [3.8, 4) is 5.75 Å². The van der Waals surface area contributed by atoms with E-state index >= 15 is 0 Å². The lowest BCUT2D eigenvalue weighted by atomic mass is 10.1. The van der Waals surface area contributed by atoms with Gasteiger partial charge in [-0.15, -0.1) is 0 Å². The molecule has 0 heterocycles. The van der Waals surface area contributed by atoms with Crippen molar-refractivity contribution >= 4 is 5.78 Å². The highest BCUT2D eigenvalue weighted by Gasteiger charge is 2.09. The van der Waals surface area contributed by atoms with Crippen molar-refractivity contribution in [2.45, 2.75) is 20.5 Å². The van der Waals surface area contributed by atoms with Crippen LogP contribution >= 0.6 is 0 Å². The molecule has 0 amide bonds. The third-order valence-corrected chi connectivity index (χ3v) is 3.13. The van der Waals surface area contributed by atoms with Gasteiger partial charge in [-0.2, -0.15) is 0 Å². The van der Waals surface area contributed by atoms with Gasteiger partial charge in [0.05, 0.1) is 6.61 Å². The van der Waals surface area contributed by atoms with Crippen molar-refractivity contribution in [3.05, 3.63) is 64.7 Å². The van der Waals surface area contributed by atoms with Gasteiger partial charge in [0.1, 0.15) is 5.75 Å². The molecule has 0 radical (unpaired) electrons. The Morgan fingerprint density at radius 1 is 1.05 bits per heavy atom. The summed E-state index contributed by atoms with van der Waals surface area (Å²) in [7, 11) is 0. The molecule has 0 aliphatic carbocycles. The van der Waals surface area contributed by atoms with Gasteiger partial charge in [0.15, 0.2) is 12.4 Å². The molecule has 1 N–H and O–H groups in total. The monoisotopic (exact) mass is 270 g/mol. The van der Waals surface area contributed by atoms with Crippen molar-refractivity contribution in [3.63, 3.8) is 0 Å². The summed E-state index contributed by atoms with van der Waals surface area (Å²) in [4.78, 5) is 12.0. The van der Waals surface area contributed by atoms with Crippen LogP contribution in [0.3, 0.4) is 0 Å². The number of hydrogen-bond donors (Lipinski definition) is 1. The molecule has 0 unspecified atom stereocenters. The second-order valence-electron chi connectivity index (χ2n) is 4.85. The number of benzene rings is 2. The van der Waals surface area contributed by atoms with Crippen LogP contribution in [0.25, 0.3) is 0 Å². The normalized spacial score (nSPS) is 10.3. The molecule has 0 fully saturated rings. The Morgan fingerprint density at radius 2 is 1.70 bits per heavy atom. The number of hydrogen-bond acceptors (Lipinski definition) is 3. The average molecular weight is 270 g/mol. The summed E-state index contributed by atoms with van der Waals surface area (Å²) in [6, 6.07) is 12.9. The van der Waals surface area contributed by atoms with Gasteiger partial charge in [-0.05, 0) is 25.5 Å². The molecule has 0 aromatic heterocycles. The molecule has 2 rings (SSSR count). The van der Waals surface area contributed by atoms with E-state index in [2.05, 4.69) is 0 Å². The average Bonchev–Trinajstić information content (AvgIpc) is 2.45. The molecule has 0 aliphatic rings. The molecule has 2 aromatic carbocycles. The number of carbonyl (C=O) groups excluding carboxylic acids is 1. The minimum atomic E-state index is -0.103. The van der Waals surface area contributed by atoms with Crippen molar-refractivity contribution in [1.82, 2.24) is 0 Å². The first-order valence-electron chi connectivity index (χ1n) is 6.53. The molecular weight excluding hydrogens is 252 g/mol. The number of aliphatic hydroxyl groups excluding tert-OH is 1. The van der Waals surface area contributed by atoms with Gasteiger partial charge in [-0.3, -0.25) is 4.79 Å². The Morgan fingerprint density at radius 3 is 2.35 bits per heavy atom. The standard InChI is InChI=1S/C17H18O3/c1-12-3-6-14(7-4-12)16(19)11-20-17-9-13(2)5-8-15(17)10-18/h3-9,18H,10-11H2,1-2H3. The summed E-state index contributed by atoms with van der Waals surface area (Å²) >= 11 is 0. The van der Waals surface area contributed by atoms with Crippen LogP contribution in [0.2, 0.25) is 0 Å². The predicted molar refractivity (Wildman–Crippen MR) is 78.1 cm³/mol. The fraction of sp³-hybridized carbons (Fsp3) is 0.235. The zero-order valence-corrected chi connectivity index (χ0v) is 11.7. The molecular formula is C17H18O3. The van der Waals surface area contributed by atoms with Crippen LogP contribution in [0, 0.1) is 13.8 Å². The number of rotatable bonds is 5. The molecule has 3 heteroatoms. The van der Waals surface area contributed by atoms with E-state index in [1.807, 2.05) is 38.1 Å². The molecule has 0 aliphatic heterocycles. The topological polar surface area (TPSA) is 46.5 Å². The van der Waals surface area contributed by atoms with Gasteiger partial charge in [0.25, 0.3) is 0 Å². The lowest BCUT2D eigenvalue weighted by Crippen LogP contribution is -2.12. The third kappa shape index (κ3) is 3.45. The maximum Gasteiger partial charge on any atom is 0.200 e. The fourth-order valence-electron chi connectivity index (χ4n) is 1.89. The van der Waals surface area contributed by atoms with Crippen molar-refractivity contribution in [2.75, 3.05) is 6.61 Å². The Kier molecular flexibility index (Phi) is 4.53. The number of ether oxygens (including phenoxy) is 1. The first-order valence-corrected chi connectivity index (χ1v) is 6.53. The predicted octanol–water partition coefficient (Wildman–Crippen LogP) is 3.06. The SMILES string of the molecule is Cc1ccc(C(=O)COc2cc(C)ccc2CO)cc1. The lowest BCUT2D eigenvalue weighted by Gasteiger charge is -2.10. The molecule has 104 valence electrons. The Balaban J connectivity index is 2.06. The van der Waals surface area contributed by atoms with Gasteiger partial charge in [-0.1, -0.05) is 42.0 Å². The van der Waals surface area contributed by atoms with E-state index in [-0.39, 0.29) is 19.0 Å². The number of carbonyl (C=O) groups is 1. The zero-order valence-electron chi connectivity index (χ0n) is 11.7. The highest BCUT2D eigenvalue weighted by molar-refractivity contribution is 5.97. The largest absolute Gasteiger partial charge is 0.485 e. The fourth-order valence-corrected chi connectivity index (χ4v) is 1.89. The third-order valence-electron chi connectivity index (χ3n) is 3.13. The van der Waals surface area contributed by atoms with Gasteiger partial charge >= 0.3 is 0 Å². The smallest absolute Gasteiger partial charge is 0.200 e. The second kappa shape index (κ2) is 6.35. The number of aliphatic hydroxyl groups is 1. The first-order chi connectivity index (χ1) is 9.60. The second-order valence-corrected chi connectivity index (χ2v) is 4.85. The lowest BCUT2D eigenvalue weighted by molar-refractivity contribution is 0.0919. The van der Waals surface area contributed by atoms with E-state index in [0.717, 1.165) is 11.1 Å². The van der Waals surface area contributed by atoms with Crippen LogP contribution in [0.4, 0.5) is 0 Å². The number of Topliss-reactive ketones (excluding diaryl/α,β-unsaturated/α-hetero) is 1. The first kappa shape index (κ1) is 14.3. The van der Waals surface area contributed by atoms with E-state index in [0.29, 0.717) is 16.9 Å². The summed E-state index contributed by atoms with van der Waals surface area (Å²) < 4.78 is 5.55. The molecule has 0 bridgehead atoms. The van der Waals surface area contributed by atoms with E-state index in [1.165, 1.54) is 0 Å². The van der Waals surface area contributed by atoms with E-state index in [1.54, 1.807) is 18.2 Å². The van der Waals surface area contributed by atoms with Crippen molar-refractivity contribution < 1.29 is 14.6 Å². The van der Waals surface area contributed by atoms with Crippen LogP contribution in [0.15, 0.2) is 42.5 Å². The summed E-state index contributed by atoms with van der Waals surface area (Å²) in [6.07, 6.45) is 0. The number of aryl methyl sites for hydroxylation is 2. The zero-order chi connectivity index (χ0) is 14.5. The summed E-state index contributed by atoms with van der Waals surface area (Å²) in [5, 5.41) is 9.26. The van der Waals surface area contributed by atoms with Gasteiger partial charge in [0.2, 0.25) is 0 Å². The van der Waals surface area contributed by atoms with E-state index in [9.17, 15) is 9.90 Å². The molecule has 0 atom stereocenters. The van der Waals surface area contributed by atoms with Crippen LogP contribution in [0.1, 0.15) is 27.0 Å².